The molecule has 0 spiro atoms. The zero-order valence-electron chi connectivity index (χ0n) is 13.1. The fraction of sp³-hybridized carbons (Fsp3) is 0.167. The highest BCUT2D eigenvalue weighted by atomic mass is 79.9. The van der Waals surface area contributed by atoms with E-state index >= 15 is 0 Å². The van der Waals surface area contributed by atoms with E-state index in [1.165, 1.54) is 0 Å². The minimum Gasteiger partial charge on any atom is -0.489 e. The largest absolute Gasteiger partial charge is 0.489 e. The maximum atomic E-state index is 12.0. The number of nitrogens with one attached hydrogen (secondary N) is 1. The maximum absolute atomic E-state index is 12.0. The molecule has 2 aromatic rings. The molecule has 126 valence electrons. The molecule has 0 bridgehead atoms. The van der Waals surface area contributed by atoms with Crippen molar-refractivity contribution in [2.24, 2.45) is 0 Å². The number of benzene rings is 2. The molecule has 0 saturated carbocycles. The number of hydrogen-bond donors (Lipinski definition) is 1. The minimum atomic E-state index is -0.248. The maximum Gasteiger partial charge on any atom is 0.262 e. The molecule has 1 amide bonds. The van der Waals surface area contributed by atoms with Gasteiger partial charge in [-0.3, -0.25) is 4.79 Å². The molecule has 0 fully saturated rings. The van der Waals surface area contributed by atoms with E-state index in [9.17, 15) is 4.79 Å². The lowest BCUT2D eigenvalue weighted by Crippen LogP contribution is -2.20. The van der Waals surface area contributed by atoms with E-state index in [-0.39, 0.29) is 12.5 Å². The van der Waals surface area contributed by atoms with Crippen LogP contribution in [0.2, 0.25) is 0 Å². The van der Waals surface area contributed by atoms with Crippen molar-refractivity contribution in [2.75, 3.05) is 18.5 Å². The van der Waals surface area contributed by atoms with Crippen molar-refractivity contribution in [3.63, 3.8) is 0 Å². The van der Waals surface area contributed by atoms with E-state index in [4.69, 9.17) is 9.47 Å². The van der Waals surface area contributed by atoms with E-state index in [1.807, 2.05) is 31.2 Å². The van der Waals surface area contributed by atoms with Crippen molar-refractivity contribution in [1.82, 2.24) is 0 Å². The summed E-state index contributed by atoms with van der Waals surface area (Å²) in [5, 5.41) is 2.78. The van der Waals surface area contributed by atoms with Crippen molar-refractivity contribution in [3.05, 3.63) is 63.6 Å². The first-order chi connectivity index (χ1) is 11.4. The zero-order valence-corrected chi connectivity index (χ0v) is 16.3. The number of hydrogen-bond acceptors (Lipinski definition) is 3. The van der Waals surface area contributed by atoms with Crippen LogP contribution in [0.1, 0.15) is 6.92 Å². The molecule has 0 unspecified atom stereocenters. The Labute approximate surface area is 158 Å². The van der Waals surface area contributed by atoms with Crippen LogP contribution >= 0.6 is 31.9 Å². The van der Waals surface area contributed by atoms with Gasteiger partial charge in [0.05, 0.1) is 4.47 Å². The summed E-state index contributed by atoms with van der Waals surface area (Å²) in [6.07, 6.45) is 0. The van der Waals surface area contributed by atoms with Crippen LogP contribution < -0.4 is 14.8 Å². The van der Waals surface area contributed by atoms with Crippen LogP contribution in [0.5, 0.6) is 11.5 Å². The molecule has 0 aromatic heterocycles. The topological polar surface area (TPSA) is 47.6 Å². The van der Waals surface area contributed by atoms with Gasteiger partial charge >= 0.3 is 0 Å². The van der Waals surface area contributed by atoms with Gasteiger partial charge in [0, 0.05) is 16.2 Å². The molecule has 1 N–H and O–H groups in total. The molecule has 24 heavy (non-hydrogen) atoms. The normalized spacial score (nSPS) is 10.1. The Hall–Kier alpha value is -1.79. The molecule has 0 atom stereocenters. The van der Waals surface area contributed by atoms with Gasteiger partial charge in [0.15, 0.2) is 6.61 Å². The Balaban J connectivity index is 1.90. The van der Waals surface area contributed by atoms with Gasteiger partial charge in [0.2, 0.25) is 0 Å². The Morgan fingerprint density at radius 2 is 1.92 bits per heavy atom. The third kappa shape index (κ3) is 6.02. The second-order valence-corrected chi connectivity index (χ2v) is 6.96. The van der Waals surface area contributed by atoms with E-state index in [0.717, 1.165) is 14.5 Å². The SMILES string of the molecule is C=C(C)COc1cccc(NC(=O)COc2ccc(Br)cc2Br)c1. The Kier molecular flexibility index (Phi) is 6.87. The quantitative estimate of drug-likeness (QED) is 0.586. The summed E-state index contributed by atoms with van der Waals surface area (Å²) in [5.74, 6) is 1.03. The molecule has 6 heteroatoms. The predicted octanol–water partition coefficient (Wildman–Crippen LogP) is 5.18. The van der Waals surface area contributed by atoms with E-state index in [1.54, 1.807) is 18.2 Å². The fourth-order valence-corrected chi connectivity index (χ4v) is 2.96. The molecular weight excluding hydrogens is 438 g/mol. The van der Waals surface area contributed by atoms with E-state index in [2.05, 4.69) is 43.8 Å². The summed E-state index contributed by atoms with van der Waals surface area (Å²) in [7, 11) is 0. The Morgan fingerprint density at radius 3 is 2.62 bits per heavy atom. The van der Waals surface area contributed by atoms with Crippen LogP contribution in [0.15, 0.2) is 63.6 Å². The highest BCUT2D eigenvalue weighted by Gasteiger charge is 2.07. The van der Waals surface area contributed by atoms with E-state index in [0.29, 0.717) is 23.8 Å². The van der Waals surface area contributed by atoms with Crippen LogP contribution in [0.25, 0.3) is 0 Å². The highest BCUT2D eigenvalue weighted by molar-refractivity contribution is 9.11. The Bertz CT molecular complexity index is 747. The average molecular weight is 455 g/mol. The summed E-state index contributed by atoms with van der Waals surface area (Å²) in [4.78, 5) is 12.0. The van der Waals surface area contributed by atoms with Crippen LogP contribution in [0.4, 0.5) is 5.69 Å². The summed E-state index contributed by atoms with van der Waals surface area (Å²) < 4.78 is 12.8. The third-order valence-electron chi connectivity index (χ3n) is 2.86. The molecule has 0 aliphatic carbocycles. The van der Waals surface area contributed by atoms with Crippen molar-refractivity contribution in [1.29, 1.82) is 0 Å². The zero-order chi connectivity index (χ0) is 17.5. The van der Waals surface area contributed by atoms with Crippen LogP contribution in [0, 0.1) is 0 Å². The fourth-order valence-electron chi connectivity index (χ4n) is 1.80. The molecule has 0 saturated heterocycles. The van der Waals surface area contributed by atoms with Gasteiger partial charge in [-0.25, -0.2) is 0 Å². The smallest absolute Gasteiger partial charge is 0.262 e. The second-order valence-electron chi connectivity index (χ2n) is 5.19. The number of halogens is 2. The number of ether oxygens (including phenoxy) is 2. The standard InChI is InChI=1S/C18H17Br2NO3/c1-12(2)10-23-15-5-3-4-14(9-15)21-18(22)11-24-17-7-6-13(19)8-16(17)20/h3-9H,1,10-11H2,2H3,(H,21,22). The summed E-state index contributed by atoms with van der Waals surface area (Å²) >= 11 is 6.76. The number of anilines is 1. The van der Waals surface area contributed by atoms with Crippen LogP contribution in [0.3, 0.4) is 0 Å². The van der Waals surface area contributed by atoms with Gasteiger partial charge in [0.25, 0.3) is 5.91 Å². The van der Waals surface area contributed by atoms with Gasteiger partial charge in [-0.2, -0.15) is 0 Å². The summed E-state index contributed by atoms with van der Waals surface area (Å²) in [6, 6.07) is 12.7. The molecule has 2 rings (SSSR count). The van der Waals surface area contributed by atoms with Gasteiger partial charge < -0.3 is 14.8 Å². The lowest BCUT2D eigenvalue weighted by molar-refractivity contribution is -0.118. The first kappa shape index (κ1) is 18.5. The molecule has 0 aliphatic rings. The van der Waals surface area contributed by atoms with Crippen molar-refractivity contribution in [2.45, 2.75) is 6.92 Å². The summed E-state index contributed by atoms with van der Waals surface area (Å²) in [5.41, 5.74) is 1.58. The number of carbonyl (C=O) groups excluding carboxylic acids is 1. The second kappa shape index (κ2) is 8.89. The molecule has 4 nitrogen and oxygen atoms in total. The van der Waals surface area contributed by atoms with Crippen LogP contribution in [-0.4, -0.2) is 19.1 Å². The monoisotopic (exact) mass is 453 g/mol. The molecular formula is C18H17Br2NO3. The van der Waals surface area contributed by atoms with Gasteiger partial charge in [-0.05, 0) is 58.8 Å². The molecule has 0 aliphatic heterocycles. The first-order valence-electron chi connectivity index (χ1n) is 7.19. The lowest BCUT2D eigenvalue weighted by Gasteiger charge is -2.11. The van der Waals surface area contributed by atoms with Gasteiger partial charge in [-0.1, -0.05) is 28.6 Å². The third-order valence-corrected chi connectivity index (χ3v) is 3.97. The van der Waals surface area contributed by atoms with E-state index < -0.39 is 0 Å². The molecule has 0 radical (unpaired) electrons. The number of amides is 1. The minimum absolute atomic E-state index is 0.0862. The lowest BCUT2D eigenvalue weighted by atomic mass is 10.3. The summed E-state index contributed by atoms with van der Waals surface area (Å²) in [6.45, 7) is 6.04. The van der Waals surface area contributed by atoms with Crippen molar-refractivity contribution < 1.29 is 14.3 Å². The predicted molar refractivity (Wildman–Crippen MR) is 103 cm³/mol. The number of carbonyl (C=O) groups is 1. The van der Waals surface area contributed by atoms with Crippen molar-refractivity contribution >= 4 is 43.5 Å². The Morgan fingerprint density at radius 1 is 1.12 bits per heavy atom. The highest BCUT2D eigenvalue weighted by Crippen LogP contribution is 2.28. The molecule has 2 aromatic carbocycles. The average Bonchev–Trinajstić information content (AvgIpc) is 2.52. The van der Waals surface area contributed by atoms with Gasteiger partial charge in [-0.15, -0.1) is 0 Å². The van der Waals surface area contributed by atoms with Gasteiger partial charge in [0.1, 0.15) is 18.1 Å². The van der Waals surface area contributed by atoms with Crippen molar-refractivity contribution in [3.8, 4) is 11.5 Å². The number of rotatable bonds is 7. The molecule has 0 heterocycles. The van der Waals surface area contributed by atoms with Crippen LogP contribution in [-0.2, 0) is 4.79 Å². The first-order valence-corrected chi connectivity index (χ1v) is 8.77.